The van der Waals surface area contributed by atoms with Crippen molar-refractivity contribution in [2.45, 2.75) is 30.7 Å². The quantitative estimate of drug-likeness (QED) is 0.574. The predicted molar refractivity (Wildman–Crippen MR) is 92.0 cm³/mol. The molecule has 136 valence electrons. The SMILES string of the molecule is CCS(=O)(=O)Nc1cc(OC)ccc1S(=O)(=O)NC(CN)C1CC1. The lowest BCUT2D eigenvalue weighted by molar-refractivity contribution is 0.414. The van der Waals surface area contributed by atoms with Crippen molar-refractivity contribution in [3.8, 4) is 5.75 Å². The number of nitrogens with one attached hydrogen (secondary N) is 2. The van der Waals surface area contributed by atoms with Crippen molar-refractivity contribution >= 4 is 25.7 Å². The molecule has 0 amide bonds. The monoisotopic (exact) mass is 377 g/mol. The minimum atomic E-state index is -3.93. The number of hydrogen-bond acceptors (Lipinski definition) is 6. The van der Waals surface area contributed by atoms with E-state index >= 15 is 0 Å². The van der Waals surface area contributed by atoms with Gasteiger partial charge >= 0.3 is 0 Å². The van der Waals surface area contributed by atoms with Crippen LogP contribution in [-0.4, -0.2) is 42.3 Å². The standard InChI is InChI=1S/C14H23N3O5S2/c1-3-23(18,19)16-12-8-11(22-2)6-7-14(12)24(20,21)17-13(9-15)10-4-5-10/h6-8,10,13,16-17H,3-5,9,15H2,1-2H3. The lowest BCUT2D eigenvalue weighted by atomic mass is 10.2. The molecule has 24 heavy (non-hydrogen) atoms. The van der Waals surface area contributed by atoms with E-state index in [2.05, 4.69) is 9.44 Å². The average Bonchev–Trinajstić information content (AvgIpc) is 3.36. The van der Waals surface area contributed by atoms with Gasteiger partial charge in [0.25, 0.3) is 0 Å². The molecule has 0 aromatic heterocycles. The molecule has 10 heteroatoms. The van der Waals surface area contributed by atoms with Gasteiger partial charge in [0.05, 0.1) is 18.6 Å². The van der Waals surface area contributed by atoms with Crippen molar-refractivity contribution in [1.82, 2.24) is 4.72 Å². The van der Waals surface area contributed by atoms with Gasteiger partial charge in [0.2, 0.25) is 20.0 Å². The van der Waals surface area contributed by atoms with E-state index in [9.17, 15) is 16.8 Å². The Bertz CT molecular complexity index is 789. The highest BCUT2D eigenvalue weighted by Crippen LogP contribution is 2.34. The Morgan fingerprint density at radius 1 is 1.29 bits per heavy atom. The second kappa shape index (κ2) is 7.26. The van der Waals surface area contributed by atoms with Crippen LogP contribution >= 0.6 is 0 Å². The number of methoxy groups -OCH3 is 1. The summed E-state index contributed by atoms with van der Waals surface area (Å²) in [4.78, 5) is -0.153. The Hall–Kier alpha value is -1.36. The van der Waals surface area contributed by atoms with E-state index in [-0.39, 0.29) is 34.8 Å². The zero-order valence-electron chi connectivity index (χ0n) is 13.7. The van der Waals surface area contributed by atoms with E-state index < -0.39 is 20.0 Å². The maximum Gasteiger partial charge on any atom is 0.242 e. The van der Waals surface area contributed by atoms with Crippen LogP contribution in [0.15, 0.2) is 23.1 Å². The molecule has 0 heterocycles. The molecule has 4 N–H and O–H groups in total. The molecule has 0 saturated heterocycles. The Kier molecular flexibility index (Phi) is 5.74. The summed E-state index contributed by atoms with van der Waals surface area (Å²) in [7, 11) is -6.15. The topological polar surface area (TPSA) is 128 Å². The number of rotatable bonds is 9. The molecule has 0 radical (unpaired) electrons. The molecular weight excluding hydrogens is 354 g/mol. The minimum absolute atomic E-state index is 0.0460. The second-order valence-electron chi connectivity index (χ2n) is 5.67. The summed E-state index contributed by atoms with van der Waals surface area (Å²) in [6.07, 6.45) is 1.87. The number of sulfonamides is 2. The first-order valence-corrected chi connectivity index (χ1v) is 10.8. The number of hydrogen-bond donors (Lipinski definition) is 3. The minimum Gasteiger partial charge on any atom is -0.497 e. The van der Waals surface area contributed by atoms with Gasteiger partial charge in [0.1, 0.15) is 10.6 Å². The van der Waals surface area contributed by atoms with Crippen LogP contribution in [0.5, 0.6) is 5.75 Å². The summed E-state index contributed by atoms with van der Waals surface area (Å²) in [6.45, 7) is 1.66. The molecule has 1 fully saturated rings. The highest BCUT2D eigenvalue weighted by Gasteiger charge is 2.34. The van der Waals surface area contributed by atoms with Gasteiger partial charge in [-0.05, 0) is 37.8 Å². The smallest absolute Gasteiger partial charge is 0.242 e. The van der Waals surface area contributed by atoms with Crippen LogP contribution in [0.3, 0.4) is 0 Å². The van der Waals surface area contributed by atoms with Crippen molar-refractivity contribution in [1.29, 1.82) is 0 Å². The summed E-state index contributed by atoms with van der Waals surface area (Å²) in [6, 6.07) is 3.77. The van der Waals surface area contributed by atoms with Crippen molar-refractivity contribution in [3.63, 3.8) is 0 Å². The number of anilines is 1. The maximum absolute atomic E-state index is 12.7. The Morgan fingerprint density at radius 3 is 2.46 bits per heavy atom. The van der Waals surface area contributed by atoms with Gasteiger partial charge in [0, 0.05) is 18.7 Å². The molecule has 8 nitrogen and oxygen atoms in total. The van der Waals surface area contributed by atoms with Crippen molar-refractivity contribution in [2.75, 3.05) is 24.1 Å². The van der Waals surface area contributed by atoms with Crippen molar-refractivity contribution in [3.05, 3.63) is 18.2 Å². The highest BCUT2D eigenvalue weighted by molar-refractivity contribution is 7.93. The molecule has 1 aromatic carbocycles. The van der Waals surface area contributed by atoms with Gasteiger partial charge in [-0.3, -0.25) is 4.72 Å². The molecule has 1 aliphatic carbocycles. The van der Waals surface area contributed by atoms with Crippen LogP contribution in [0.4, 0.5) is 5.69 Å². The molecule has 0 aliphatic heterocycles. The first-order valence-electron chi connectivity index (χ1n) is 7.63. The van der Waals surface area contributed by atoms with Crippen LogP contribution in [0.25, 0.3) is 0 Å². The fourth-order valence-corrected chi connectivity index (χ4v) is 4.46. The zero-order valence-corrected chi connectivity index (χ0v) is 15.3. The first kappa shape index (κ1) is 19.0. The van der Waals surface area contributed by atoms with E-state index in [0.717, 1.165) is 12.8 Å². The third-order valence-electron chi connectivity index (χ3n) is 3.87. The van der Waals surface area contributed by atoms with Crippen LogP contribution < -0.4 is 19.9 Å². The fraction of sp³-hybridized carbons (Fsp3) is 0.571. The van der Waals surface area contributed by atoms with Crippen LogP contribution in [0, 0.1) is 5.92 Å². The van der Waals surface area contributed by atoms with Crippen LogP contribution in [0.1, 0.15) is 19.8 Å². The summed E-state index contributed by atoms with van der Waals surface area (Å²) < 4.78 is 59.0. The normalized spacial score (nSPS) is 16.6. The fourth-order valence-electron chi connectivity index (χ4n) is 2.29. The third kappa shape index (κ3) is 4.59. The molecule has 1 atom stereocenters. The van der Waals surface area contributed by atoms with E-state index in [1.54, 1.807) is 0 Å². The van der Waals surface area contributed by atoms with Crippen LogP contribution in [-0.2, 0) is 20.0 Å². The first-order chi connectivity index (χ1) is 11.2. The van der Waals surface area contributed by atoms with Crippen LogP contribution in [0.2, 0.25) is 0 Å². The molecule has 1 unspecified atom stereocenters. The highest BCUT2D eigenvalue weighted by atomic mass is 32.2. The van der Waals surface area contributed by atoms with Gasteiger partial charge in [-0.25, -0.2) is 21.6 Å². The third-order valence-corrected chi connectivity index (χ3v) is 6.71. The second-order valence-corrected chi connectivity index (χ2v) is 9.36. The van der Waals surface area contributed by atoms with E-state index in [0.29, 0.717) is 5.75 Å². The largest absolute Gasteiger partial charge is 0.497 e. The molecule has 1 aromatic rings. The molecule has 1 aliphatic rings. The summed E-state index contributed by atoms with van der Waals surface area (Å²) >= 11 is 0. The van der Waals surface area contributed by atoms with Gasteiger partial charge < -0.3 is 10.5 Å². The van der Waals surface area contributed by atoms with Gasteiger partial charge in [0.15, 0.2) is 0 Å². The number of nitrogens with two attached hydrogens (primary N) is 1. The lowest BCUT2D eigenvalue weighted by Crippen LogP contribution is -2.41. The molecule has 0 bridgehead atoms. The van der Waals surface area contributed by atoms with E-state index in [4.69, 9.17) is 10.5 Å². The lowest BCUT2D eigenvalue weighted by Gasteiger charge is -2.19. The van der Waals surface area contributed by atoms with Gasteiger partial charge in [-0.2, -0.15) is 0 Å². The average molecular weight is 377 g/mol. The Balaban J connectivity index is 2.39. The molecule has 1 saturated carbocycles. The Morgan fingerprint density at radius 2 is 1.96 bits per heavy atom. The van der Waals surface area contributed by atoms with Crippen molar-refractivity contribution in [2.24, 2.45) is 11.7 Å². The molecule has 0 spiro atoms. The maximum atomic E-state index is 12.7. The summed E-state index contributed by atoms with van der Waals surface area (Å²) in [5.41, 5.74) is 5.60. The Labute approximate surface area is 142 Å². The number of benzene rings is 1. The molecular formula is C14H23N3O5S2. The van der Waals surface area contributed by atoms with E-state index in [1.807, 2.05) is 0 Å². The predicted octanol–water partition coefficient (Wildman–Crippen LogP) is 0.472. The summed E-state index contributed by atoms with van der Waals surface area (Å²) in [5.74, 6) is 0.407. The summed E-state index contributed by atoms with van der Waals surface area (Å²) in [5, 5.41) is 0. The van der Waals surface area contributed by atoms with Gasteiger partial charge in [-0.15, -0.1) is 0 Å². The number of ether oxygens (including phenoxy) is 1. The van der Waals surface area contributed by atoms with E-state index in [1.165, 1.54) is 32.2 Å². The zero-order chi connectivity index (χ0) is 18.0. The molecule has 2 rings (SSSR count). The van der Waals surface area contributed by atoms with Gasteiger partial charge in [-0.1, -0.05) is 0 Å². The van der Waals surface area contributed by atoms with Crippen molar-refractivity contribution < 1.29 is 21.6 Å².